The molecule has 3 aromatic rings. The number of hydrogen-bond acceptors (Lipinski definition) is 3. The number of fused-ring (bicyclic) bond motifs is 1. The van der Waals surface area contributed by atoms with Crippen LogP contribution in [0.25, 0.3) is 11.0 Å². The van der Waals surface area contributed by atoms with Crippen LogP contribution in [0.4, 0.5) is 20.2 Å². The van der Waals surface area contributed by atoms with Crippen molar-refractivity contribution in [2.75, 3.05) is 12.4 Å². The number of carbonyl (C=O) groups is 1. The number of ether oxygens (including phenoxy) is 1. The highest BCUT2D eigenvalue weighted by Gasteiger charge is 2.27. The van der Waals surface area contributed by atoms with E-state index in [2.05, 4.69) is 11.9 Å². The summed E-state index contributed by atoms with van der Waals surface area (Å²) in [5.74, 6) is -1.77. The number of rotatable bonds is 5. The highest BCUT2D eigenvalue weighted by Crippen LogP contribution is 2.31. The fraction of sp³-hybridized carbons (Fsp3) is 0.158. The van der Waals surface area contributed by atoms with E-state index in [1.807, 2.05) is 22.6 Å². The first-order valence-electron chi connectivity index (χ1n) is 7.99. The molecular weight excluding hydrogens is 467 g/mol. The summed E-state index contributed by atoms with van der Waals surface area (Å²) in [7, 11) is 2.98. The van der Waals surface area contributed by atoms with Crippen LogP contribution >= 0.6 is 22.6 Å². The fourth-order valence-corrected chi connectivity index (χ4v) is 3.22. The Balaban J connectivity index is 2.25. The van der Waals surface area contributed by atoms with E-state index in [0.717, 1.165) is 0 Å². The zero-order valence-corrected chi connectivity index (χ0v) is 16.9. The molecule has 0 saturated heterocycles. The van der Waals surface area contributed by atoms with Crippen molar-refractivity contribution in [1.82, 2.24) is 4.57 Å². The third-order valence-corrected chi connectivity index (χ3v) is 5.00. The van der Waals surface area contributed by atoms with Gasteiger partial charge in [-0.2, -0.15) is 4.39 Å². The quantitative estimate of drug-likeness (QED) is 0.257. The van der Waals surface area contributed by atoms with Gasteiger partial charge in [0.05, 0.1) is 25.4 Å². The Hall–Kier alpha value is -2.49. The van der Waals surface area contributed by atoms with Crippen molar-refractivity contribution in [1.29, 1.82) is 0 Å². The van der Waals surface area contributed by atoms with Crippen LogP contribution in [0, 0.1) is 15.2 Å². The number of carbonyl (C=O) groups excluding carboxylic acids is 1. The molecule has 0 aliphatic heterocycles. The predicted molar refractivity (Wildman–Crippen MR) is 107 cm³/mol. The van der Waals surface area contributed by atoms with Crippen LogP contribution in [0.15, 0.2) is 43.2 Å². The van der Waals surface area contributed by atoms with Gasteiger partial charge in [0.1, 0.15) is 12.4 Å². The highest BCUT2D eigenvalue weighted by atomic mass is 127. The van der Waals surface area contributed by atoms with Gasteiger partial charge in [-0.15, -0.1) is 0 Å². The lowest BCUT2D eigenvalue weighted by Gasteiger charge is -2.12. The predicted octanol–water partition coefficient (Wildman–Crippen LogP) is 4.06. The molecule has 0 amide bonds. The van der Waals surface area contributed by atoms with Crippen molar-refractivity contribution in [2.45, 2.75) is 6.54 Å². The summed E-state index contributed by atoms with van der Waals surface area (Å²) in [6, 6.07) is 5.97. The minimum Gasteiger partial charge on any atom is -0.465 e. The average molecular weight is 484 g/mol. The van der Waals surface area contributed by atoms with Crippen LogP contribution in [-0.4, -0.2) is 17.6 Å². The number of anilines is 2. The number of aromatic nitrogens is 2. The van der Waals surface area contributed by atoms with Crippen LogP contribution in [0.5, 0.6) is 0 Å². The molecule has 0 saturated carbocycles. The van der Waals surface area contributed by atoms with Gasteiger partial charge >= 0.3 is 5.97 Å². The van der Waals surface area contributed by atoms with Gasteiger partial charge in [-0.05, 0) is 40.8 Å². The Morgan fingerprint density at radius 2 is 2.15 bits per heavy atom. The summed E-state index contributed by atoms with van der Waals surface area (Å²) in [6.07, 6.45) is 3.36. The van der Waals surface area contributed by atoms with Crippen molar-refractivity contribution in [3.05, 3.63) is 64.0 Å². The number of aryl methyl sites for hydroxylation is 1. The molecule has 0 atom stereocenters. The van der Waals surface area contributed by atoms with Crippen LogP contribution < -0.4 is 9.88 Å². The number of hydrogen-bond donors (Lipinski definition) is 1. The van der Waals surface area contributed by atoms with Crippen molar-refractivity contribution in [3.8, 4) is 0 Å². The molecule has 0 aliphatic carbocycles. The highest BCUT2D eigenvalue weighted by molar-refractivity contribution is 14.1. The first-order chi connectivity index (χ1) is 12.9. The summed E-state index contributed by atoms with van der Waals surface area (Å²) >= 11 is 1.86. The van der Waals surface area contributed by atoms with Gasteiger partial charge < -0.3 is 10.1 Å². The monoisotopic (exact) mass is 484 g/mol. The van der Waals surface area contributed by atoms with Crippen molar-refractivity contribution in [2.24, 2.45) is 7.05 Å². The van der Waals surface area contributed by atoms with Crippen LogP contribution in [0.3, 0.4) is 0 Å². The van der Waals surface area contributed by atoms with Gasteiger partial charge in [0.25, 0.3) is 0 Å². The molecule has 5 nitrogen and oxygen atoms in total. The maximum atomic E-state index is 15.5. The minimum atomic E-state index is -0.694. The van der Waals surface area contributed by atoms with E-state index < -0.39 is 17.6 Å². The molecule has 3 rings (SSSR count). The minimum absolute atomic E-state index is 0.0217. The third-order valence-electron chi connectivity index (χ3n) is 4.12. The molecule has 2 aromatic carbocycles. The standard InChI is InChI=1S/C19H16F2IN3O2/c1-4-7-25-10-24(2)15-9-12(19(26)27-3)17(16(21)18(15)25)23-11-5-6-14(22)13(20)8-11/h4-6,8-10H,1,7H2,2-3H3/p+1. The zero-order valence-electron chi connectivity index (χ0n) is 14.7. The van der Waals surface area contributed by atoms with Gasteiger partial charge in [0.15, 0.2) is 11.3 Å². The molecule has 0 unspecified atom stereocenters. The van der Waals surface area contributed by atoms with Gasteiger partial charge in [0, 0.05) is 15.3 Å². The molecule has 8 heteroatoms. The first-order valence-corrected chi connectivity index (χ1v) is 9.07. The Bertz CT molecular complexity index is 1060. The number of nitrogens with zero attached hydrogens (tertiary/aromatic N) is 2. The SMILES string of the molecule is C=CC[n+]1cn(C)c2cc(C(=O)OC)c(Nc3ccc(I)c(F)c3)c(F)c21. The summed E-state index contributed by atoms with van der Waals surface area (Å²) < 4.78 is 38.0. The summed E-state index contributed by atoms with van der Waals surface area (Å²) in [5.41, 5.74) is 1.10. The van der Waals surface area contributed by atoms with Gasteiger partial charge in [-0.25, -0.2) is 18.3 Å². The van der Waals surface area contributed by atoms with Crippen molar-refractivity contribution >= 4 is 51.0 Å². The van der Waals surface area contributed by atoms with Crippen LogP contribution in [0.1, 0.15) is 10.4 Å². The largest absolute Gasteiger partial charge is 0.465 e. The number of allylic oxidation sites excluding steroid dienone is 1. The smallest absolute Gasteiger partial charge is 0.340 e. The van der Waals surface area contributed by atoms with E-state index in [1.54, 1.807) is 46.8 Å². The normalized spacial score (nSPS) is 10.9. The van der Waals surface area contributed by atoms with Gasteiger partial charge in [-0.1, -0.05) is 12.7 Å². The molecule has 1 heterocycles. The number of imidazole rings is 1. The molecule has 0 spiro atoms. The van der Waals surface area contributed by atoms with E-state index >= 15 is 4.39 Å². The number of methoxy groups -OCH3 is 1. The lowest BCUT2D eigenvalue weighted by Crippen LogP contribution is -2.32. The third kappa shape index (κ3) is 3.53. The van der Waals surface area contributed by atoms with Gasteiger partial charge in [0.2, 0.25) is 11.8 Å². The van der Waals surface area contributed by atoms with E-state index in [4.69, 9.17) is 4.74 Å². The fourth-order valence-electron chi connectivity index (χ4n) is 2.89. The number of halogens is 3. The number of benzene rings is 2. The molecule has 0 fully saturated rings. The maximum absolute atomic E-state index is 15.5. The van der Waals surface area contributed by atoms with E-state index in [-0.39, 0.29) is 11.3 Å². The first kappa shape index (κ1) is 19.3. The second-order valence-electron chi connectivity index (χ2n) is 5.89. The molecule has 140 valence electrons. The van der Waals surface area contributed by atoms with E-state index in [9.17, 15) is 9.18 Å². The molecule has 0 bridgehead atoms. The van der Waals surface area contributed by atoms with Crippen molar-refractivity contribution < 1.29 is 22.9 Å². The Morgan fingerprint density at radius 3 is 2.78 bits per heavy atom. The molecular formula is C19H17F2IN3O2+. The summed E-state index contributed by atoms with van der Waals surface area (Å²) in [6.45, 7) is 4.08. The molecule has 0 aliphatic rings. The van der Waals surface area contributed by atoms with Crippen LogP contribution in [0.2, 0.25) is 0 Å². The zero-order chi connectivity index (χ0) is 19.7. The topological polar surface area (TPSA) is 47.1 Å². The Kier molecular flexibility index (Phi) is 5.45. The summed E-state index contributed by atoms with van der Waals surface area (Å²) in [4.78, 5) is 12.2. The van der Waals surface area contributed by atoms with Crippen LogP contribution in [-0.2, 0) is 18.3 Å². The number of esters is 1. The second kappa shape index (κ2) is 7.63. The molecule has 27 heavy (non-hydrogen) atoms. The molecule has 1 N–H and O–H groups in total. The Labute approximate surface area is 168 Å². The number of nitrogens with one attached hydrogen (secondary N) is 1. The molecule has 1 aromatic heterocycles. The maximum Gasteiger partial charge on any atom is 0.340 e. The second-order valence-corrected chi connectivity index (χ2v) is 7.06. The van der Waals surface area contributed by atoms with Crippen molar-refractivity contribution in [3.63, 3.8) is 0 Å². The van der Waals surface area contributed by atoms with E-state index in [0.29, 0.717) is 26.8 Å². The van der Waals surface area contributed by atoms with E-state index in [1.165, 1.54) is 13.2 Å². The van der Waals surface area contributed by atoms with Gasteiger partial charge in [-0.3, -0.25) is 0 Å². The lowest BCUT2D eigenvalue weighted by molar-refractivity contribution is -0.662. The lowest BCUT2D eigenvalue weighted by atomic mass is 10.1. The molecule has 0 radical (unpaired) electrons. The average Bonchev–Trinajstić information content (AvgIpc) is 2.95. The Morgan fingerprint density at radius 1 is 1.41 bits per heavy atom. The summed E-state index contributed by atoms with van der Waals surface area (Å²) in [5, 5.41) is 2.83.